The molecule has 2 heterocycles. The third-order valence-electron chi connectivity index (χ3n) is 3.50. The van der Waals surface area contributed by atoms with Crippen molar-refractivity contribution in [3.05, 3.63) is 54.4 Å². The van der Waals surface area contributed by atoms with Crippen molar-refractivity contribution >= 4 is 43.6 Å². The first kappa shape index (κ1) is 14.5. The van der Waals surface area contributed by atoms with Gasteiger partial charge in [-0.1, -0.05) is 23.5 Å². The SMILES string of the molecule is COc1ccc2nc(NC(=O)c3cnc4ccccc4n3)sc2c1. The van der Waals surface area contributed by atoms with E-state index >= 15 is 0 Å². The van der Waals surface area contributed by atoms with E-state index in [9.17, 15) is 4.79 Å². The number of aromatic nitrogens is 3. The number of para-hydroxylation sites is 2. The second-order valence-corrected chi connectivity index (χ2v) is 6.08. The van der Waals surface area contributed by atoms with Gasteiger partial charge < -0.3 is 4.74 Å². The molecule has 4 rings (SSSR count). The van der Waals surface area contributed by atoms with Crippen LogP contribution >= 0.6 is 11.3 Å². The van der Waals surface area contributed by atoms with Crippen LogP contribution in [-0.2, 0) is 0 Å². The normalized spacial score (nSPS) is 10.9. The molecule has 0 aliphatic heterocycles. The average molecular weight is 336 g/mol. The molecule has 0 saturated heterocycles. The molecule has 0 spiro atoms. The van der Waals surface area contributed by atoms with Crippen LogP contribution in [0.2, 0.25) is 0 Å². The molecule has 4 aromatic rings. The maximum atomic E-state index is 12.4. The van der Waals surface area contributed by atoms with E-state index in [4.69, 9.17) is 4.74 Å². The Labute approximate surface area is 141 Å². The van der Waals surface area contributed by atoms with Crippen LogP contribution in [0.25, 0.3) is 21.3 Å². The van der Waals surface area contributed by atoms with Crippen LogP contribution in [0.4, 0.5) is 5.13 Å². The molecule has 2 aromatic carbocycles. The van der Waals surface area contributed by atoms with Gasteiger partial charge >= 0.3 is 0 Å². The number of benzene rings is 2. The number of ether oxygens (including phenoxy) is 1. The van der Waals surface area contributed by atoms with Gasteiger partial charge in [0.2, 0.25) is 0 Å². The zero-order valence-electron chi connectivity index (χ0n) is 12.7. The number of hydrogen-bond acceptors (Lipinski definition) is 6. The Balaban J connectivity index is 1.62. The van der Waals surface area contributed by atoms with Crippen LogP contribution in [0.3, 0.4) is 0 Å². The summed E-state index contributed by atoms with van der Waals surface area (Å²) >= 11 is 1.38. The summed E-state index contributed by atoms with van der Waals surface area (Å²) in [6, 6.07) is 13.0. The van der Waals surface area contributed by atoms with Crippen molar-refractivity contribution in [2.45, 2.75) is 0 Å². The molecule has 6 nitrogen and oxygen atoms in total. The molecular formula is C17H12N4O2S. The summed E-state index contributed by atoms with van der Waals surface area (Å²) in [6.07, 6.45) is 1.47. The quantitative estimate of drug-likeness (QED) is 0.619. The minimum Gasteiger partial charge on any atom is -0.497 e. The fourth-order valence-electron chi connectivity index (χ4n) is 2.31. The fraction of sp³-hybridized carbons (Fsp3) is 0.0588. The lowest BCUT2D eigenvalue weighted by Crippen LogP contribution is -2.13. The van der Waals surface area contributed by atoms with Gasteiger partial charge in [0.15, 0.2) is 5.13 Å². The van der Waals surface area contributed by atoms with E-state index in [2.05, 4.69) is 20.3 Å². The molecular weight excluding hydrogens is 324 g/mol. The van der Waals surface area contributed by atoms with E-state index in [1.54, 1.807) is 7.11 Å². The van der Waals surface area contributed by atoms with Crippen LogP contribution in [0.5, 0.6) is 5.75 Å². The Morgan fingerprint density at radius 2 is 1.92 bits per heavy atom. The Kier molecular flexibility index (Phi) is 3.55. The van der Waals surface area contributed by atoms with E-state index in [1.807, 2.05) is 42.5 Å². The molecule has 7 heteroatoms. The third kappa shape index (κ3) is 2.65. The monoisotopic (exact) mass is 336 g/mol. The molecule has 0 unspecified atom stereocenters. The molecule has 0 bridgehead atoms. The molecule has 0 radical (unpaired) electrons. The molecule has 24 heavy (non-hydrogen) atoms. The van der Waals surface area contributed by atoms with Gasteiger partial charge in [-0.05, 0) is 30.3 Å². The summed E-state index contributed by atoms with van der Waals surface area (Å²) in [7, 11) is 1.61. The second-order valence-electron chi connectivity index (χ2n) is 5.05. The Bertz CT molecular complexity index is 1060. The second kappa shape index (κ2) is 5.86. The van der Waals surface area contributed by atoms with Crippen molar-refractivity contribution in [2.24, 2.45) is 0 Å². The third-order valence-corrected chi connectivity index (χ3v) is 4.43. The van der Waals surface area contributed by atoms with E-state index in [-0.39, 0.29) is 11.6 Å². The highest BCUT2D eigenvalue weighted by Crippen LogP contribution is 2.29. The van der Waals surface area contributed by atoms with Gasteiger partial charge in [0, 0.05) is 0 Å². The number of thiazole rings is 1. The van der Waals surface area contributed by atoms with Crippen molar-refractivity contribution in [2.75, 3.05) is 12.4 Å². The van der Waals surface area contributed by atoms with E-state index < -0.39 is 0 Å². The molecule has 0 atom stereocenters. The molecule has 0 fully saturated rings. The van der Waals surface area contributed by atoms with Gasteiger partial charge in [-0.25, -0.2) is 9.97 Å². The largest absolute Gasteiger partial charge is 0.497 e. The number of carbonyl (C=O) groups excluding carboxylic acids is 1. The number of methoxy groups -OCH3 is 1. The smallest absolute Gasteiger partial charge is 0.277 e. The van der Waals surface area contributed by atoms with E-state index in [0.717, 1.165) is 21.5 Å². The van der Waals surface area contributed by atoms with Crippen LogP contribution < -0.4 is 10.1 Å². The van der Waals surface area contributed by atoms with E-state index in [0.29, 0.717) is 10.6 Å². The van der Waals surface area contributed by atoms with Crippen molar-refractivity contribution in [3.63, 3.8) is 0 Å². The molecule has 2 aromatic heterocycles. The van der Waals surface area contributed by atoms with Crippen LogP contribution in [0, 0.1) is 0 Å². The summed E-state index contributed by atoms with van der Waals surface area (Å²) in [5.41, 5.74) is 2.49. The van der Waals surface area contributed by atoms with Crippen molar-refractivity contribution in [3.8, 4) is 5.75 Å². The van der Waals surface area contributed by atoms with Crippen LogP contribution in [0.15, 0.2) is 48.7 Å². The first-order chi connectivity index (χ1) is 11.7. The topological polar surface area (TPSA) is 77.0 Å². The molecule has 0 saturated carbocycles. The first-order valence-corrected chi connectivity index (χ1v) is 8.02. The molecule has 1 amide bonds. The zero-order valence-corrected chi connectivity index (χ0v) is 13.5. The molecule has 0 aliphatic rings. The zero-order chi connectivity index (χ0) is 16.5. The number of nitrogens with one attached hydrogen (secondary N) is 1. The minimum absolute atomic E-state index is 0.255. The van der Waals surface area contributed by atoms with Gasteiger partial charge in [-0.2, -0.15) is 0 Å². The lowest BCUT2D eigenvalue weighted by molar-refractivity contribution is 0.102. The Hall–Kier alpha value is -3.06. The standard InChI is InChI=1S/C17H12N4O2S/c1-23-10-6-7-13-15(8-10)24-17(20-13)21-16(22)14-9-18-11-4-2-3-5-12(11)19-14/h2-9H,1H3,(H,20,21,22). The summed E-state index contributed by atoms with van der Waals surface area (Å²) in [5, 5.41) is 3.29. The Morgan fingerprint density at radius 3 is 2.75 bits per heavy atom. The van der Waals surface area contributed by atoms with E-state index in [1.165, 1.54) is 17.5 Å². The maximum Gasteiger partial charge on any atom is 0.277 e. The van der Waals surface area contributed by atoms with Crippen molar-refractivity contribution in [1.29, 1.82) is 0 Å². The average Bonchev–Trinajstić information content (AvgIpc) is 3.02. The van der Waals surface area contributed by atoms with Crippen LogP contribution in [-0.4, -0.2) is 28.0 Å². The number of anilines is 1. The number of hydrogen-bond donors (Lipinski definition) is 1. The summed E-state index contributed by atoms with van der Waals surface area (Å²) in [4.78, 5) is 25.4. The van der Waals surface area contributed by atoms with Gasteiger partial charge in [0.25, 0.3) is 5.91 Å². The number of carbonyl (C=O) groups is 1. The summed E-state index contributed by atoms with van der Waals surface area (Å²) < 4.78 is 6.14. The highest BCUT2D eigenvalue weighted by Gasteiger charge is 2.12. The number of fused-ring (bicyclic) bond motifs is 2. The van der Waals surface area contributed by atoms with Gasteiger partial charge in [0.1, 0.15) is 11.4 Å². The number of rotatable bonds is 3. The first-order valence-electron chi connectivity index (χ1n) is 7.21. The highest BCUT2D eigenvalue weighted by atomic mass is 32.1. The predicted octanol–water partition coefficient (Wildman–Crippen LogP) is 3.50. The Morgan fingerprint density at radius 1 is 1.08 bits per heavy atom. The molecule has 0 aliphatic carbocycles. The maximum absolute atomic E-state index is 12.4. The van der Waals surface area contributed by atoms with Crippen molar-refractivity contribution < 1.29 is 9.53 Å². The van der Waals surface area contributed by atoms with Crippen molar-refractivity contribution in [1.82, 2.24) is 15.0 Å². The lowest BCUT2D eigenvalue weighted by Gasteiger charge is -2.02. The van der Waals surface area contributed by atoms with Gasteiger partial charge in [-0.3, -0.25) is 15.1 Å². The van der Waals surface area contributed by atoms with Gasteiger partial charge in [-0.15, -0.1) is 0 Å². The fourth-order valence-corrected chi connectivity index (χ4v) is 3.20. The minimum atomic E-state index is -0.334. The van der Waals surface area contributed by atoms with Crippen LogP contribution in [0.1, 0.15) is 10.5 Å². The molecule has 1 N–H and O–H groups in total. The van der Waals surface area contributed by atoms with Gasteiger partial charge in [0.05, 0.1) is 34.6 Å². The molecule has 118 valence electrons. The summed E-state index contributed by atoms with van der Waals surface area (Å²) in [5.74, 6) is 0.420. The lowest BCUT2D eigenvalue weighted by atomic mass is 10.3. The number of amides is 1. The summed E-state index contributed by atoms with van der Waals surface area (Å²) in [6.45, 7) is 0. The number of nitrogens with zero attached hydrogens (tertiary/aromatic N) is 3. The predicted molar refractivity (Wildman–Crippen MR) is 93.7 cm³/mol. The highest BCUT2D eigenvalue weighted by molar-refractivity contribution is 7.22.